The molecule has 0 atom stereocenters. The fourth-order valence-electron chi connectivity index (χ4n) is 3.36. The number of rotatable bonds is 9. The lowest BCUT2D eigenvalue weighted by atomic mass is 10.1. The van der Waals surface area contributed by atoms with Gasteiger partial charge in [0.05, 0.1) is 23.6 Å². The van der Waals surface area contributed by atoms with Crippen LogP contribution in [0.25, 0.3) is 6.08 Å². The van der Waals surface area contributed by atoms with E-state index in [0.29, 0.717) is 37.9 Å². The second kappa shape index (κ2) is 11.9. The highest BCUT2D eigenvalue weighted by atomic mass is 35.5. The van der Waals surface area contributed by atoms with Crippen LogP contribution in [0.5, 0.6) is 17.2 Å². The number of nitrogens with zero attached hydrogens (tertiary/aromatic N) is 1. The summed E-state index contributed by atoms with van der Waals surface area (Å²) in [5, 5.41) is 1.10. The van der Waals surface area contributed by atoms with Crippen LogP contribution in [0.15, 0.2) is 65.6 Å². The molecule has 1 aliphatic rings. The van der Waals surface area contributed by atoms with E-state index in [0.717, 1.165) is 22.2 Å². The van der Waals surface area contributed by atoms with Gasteiger partial charge in [0.25, 0.3) is 11.1 Å². The summed E-state index contributed by atoms with van der Waals surface area (Å²) in [6.45, 7) is 0.472. The molecule has 1 saturated heterocycles. The molecule has 0 aromatic heterocycles. The van der Waals surface area contributed by atoms with Crippen molar-refractivity contribution < 1.29 is 23.8 Å². The van der Waals surface area contributed by atoms with Crippen LogP contribution in [0.3, 0.4) is 0 Å². The van der Waals surface area contributed by atoms with Gasteiger partial charge in [0.15, 0.2) is 11.5 Å². The summed E-state index contributed by atoms with van der Waals surface area (Å²) in [6.07, 6.45) is 1.59. The number of imide groups is 1. The summed E-state index contributed by atoms with van der Waals surface area (Å²) in [6, 6.07) is 17.5. The summed E-state index contributed by atoms with van der Waals surface area (Å²) in [5.74, 6) is 0.930. The minimum atomic E-state index is -0.404. The Bertz CT molecular complexity index is 1310. The molecule has 0 N–H and O–H groups in total. The van der Waals surface area contributed by atoms with Crippen molar-refractivity contribution >= 4 is 63.8 Å². The van der Waals surface area contributed by atoms with Crippen molar-refractivity contribution in [3.05, 3.63) is 91.8 Å². The number of amides is 2. The van der Waals surface area contributed by atoms with Crippen molar-refractivity contribution in [1.82, 2.24) is 4.90 Å². The van der Waals surface area contributed by atoms with Gasteiger partial charge < -0.3 is 14.2 Å². The molecule has 36 heavy (non-hydrogen) atoms. The summed E-state index contributed by atoms with van der Waals surface area (Å²) in [4.78, 5) is 26.7. The monoisotopic (exact) mass is 563 g/mol. The standard InChI is InChI=1S/C26H20Cl3NO5S/c1-33-22-13-16(12-21(29)24(22)35-15-17-4-2-3-5-20(17)28)14-23-25(31)30(26(32)36-23)10-11-34-19-8-6-18(27)7-9-19/h2-9,12-14H,10-11,15H2,1H3/b23-14-. The van der Waals surface area contributed by atoms with Crippen LogP contribution in [0.2, 0.25) is 15.1 Å². The highest BCUT2D eigenvalue weighted by Gasteiger charge is 2.35. The quantitative estimate of drug-likeness (QED) is 0.253. The first-order valence-corrected chi connectivity index (χ1v) is 12.7. The minimum Gasteiger partial charge on any atom is -0.493 e. The zero-order valence-electron chi connectivity index (χ0n) is 19.0. The maximum absolute atomic E-state index is 12.8. The van der Waals surface area contributed by atoms with Crippen LogP contribution in [-0.4, -0.2) is 36.3 Å². The number of halogens is 3. The van der Waals surface area contributed by atoms with Gasteiger partial charge in [-0.1, -0.05) is 53.0 Å². The number of ether oxygens (including phenoxy) is 3. The molecule has 1 heterocycles. The van der Waals surface area contributed by atoms with E-state index in [1.807, 2.05) is 18.2 Å². The van der Waals surface area contributed by atoms with Gasteiger partial charge in [-0.3, -0.25) is 14.5 Å². The SMILES string of the molecule is COc1cc(/C=C2\SC(=O)N(CCOc3ccc(Cl)cc3)C2=O)cc(Cl)c1OCc1ccccc1Cl. The molecule has 3 aromatic carbocycles. The molecular weight excluding hydrogens is 545 g/mol. The maximum atomic E-state index is 12.8. The van der Waals surface area contributed by atoms with E-state index in [-0.39, 0.29) is 29.9 Å². The third-order valence-electron chi connectivity index (χ3n) is 5.15. The summed E-state index contributed by atoms with van der Waals surface area (Å²) >= 11 is 19.4. The third-order valence-corrected chi connectivity index (χ3v) is 6.96. The highest BCUT2D eigenvalue weighted by Crippen LogP contribution is 2.39. The van der Waals surface area contributed by atoms with E-state index in [1.54, 1.807) is 48.5 Å². The zero-order chi connectivity index (χ0) is 25.7. The summed E-state index contributed by atoms with van der Waals surface area (Å²) < 4.78 is 16.9. The molecule has 6 nitrogen and oxygen atoms in total. The van der Waals surface area contributed by atoms with Crippen LogP contribution in [0.1, 0.15) is 11.1 Å². The van der Waals surface area contributed by atoms with Crippen LogP contribution < -0.4 is 14.2 Å². The summed E-state index contributed by atoms with van der Waals surface area (Å²) in [7, 11) is 1.49. The van der Waals surface area contributed by atoms with Crippen LogP contribution in [0, 0.1) is 0 Å². The molecule has 2 amide bonds. The predicted molar refractivity (Wildman–Crippen MR) is 143 cm³/mol. The molecular formula is C26H20Cl3NO5S. The van der Waals surface area contributed by atoms with Gasteiger partial charge in [0.1, 0.15) is 19.0 Å². The lowest BCUT2D eigenvalue weighted by Crippen LogP contribution is -2.32. The van der Waals surface area contributed by atoms with Gasteiger partial charge in [-0.05, 0) is 65.9 Å². The Balaban J connectivity index is 1.44. The molecule has 0 unspecified atom stereocenters. The van der Waals surface area contributed by atoms with Crippen molar-refractivity contribution in [2.75, 3.05) is 20.3 Å². The van der Waals surface area contributed by atoms with E-state index >= 15 is 0 Å². The van der Waals surface area contributed by atoms with Crippen molar-refractivity contribution in [3.63, 3.8) is 0 Å². The Morgan fingerprint density at radius 1 is 0.944 bits per heavy atom. The van der Waals surface area contributed by atoms with Crippen LogP contribution in [0.4, 0.5) is 4.79 Å². The largest absolute Gasteiger partial charge is 0.493 e. The lowest BCUT2D eigenvalue weighted by molar-refractivity contribution is -0.123. The molecule has 0 saturated carbocycles. The first-order chi connectivity index (χ1) is 17.4. The molecule has 0 radical (unpaired) electrons. The van der Waals surface area contributed by atoms with Gasteiger partial charge in [0, 0.05) is 15.6 Å². The van der Waals surface area contributed by atoms with E-state index in [2.05, 4.69) is 0 Å². The Labute approximate surface area is 227 Å². The first kappa shape index (κ1) is 26.2. The Morgan fingerprint density at radius 2 is 1.69 bits per heavy atom. The fraction of sp³-hybridized carbons (Fsp3) is 0.154. The molecule has 4 rings (SSSR count). The minimum absolute atomic E-state index is 0.115. The van der Waals surface area contributed by atoms with Gasteiger partial charge in [0.2, 0.25) is 0 Å². The molecule has 1 aliphatic heterocycles. The normalized spacial score (nSPS) is 14.4. The Kier molecular flexibility index (Phi) is 8.69. The Morgan fingerprint density at radius 3 is 2.42 bits per heavy atom. The van der Waals surface area contributed by atoms with Crippen LogP contribution in [-0.2, 0) is 11.4 Å². The average Bonchev–Trinajstić information content (AvgIpc) is 3.12. The summed E-state index contributed by atoms with van der Waals surface area (Å²) in [5.41, 5.74) is 1.39. The number of methoxy groups -OCH3 is 1. The van der Waals surface area contributed by atoms with Crippen molar-refractivity contribution in [3.8, 4) is 17.2 Å². The lowest BCUT2D eigenvalue weighted by Gasteiger charge is -2.14. The van der Waals surface area contributed by atoms with Gasteiger partial charge >= 0.3 is 0 Å². The van der Waals surface area contributed by atoms with E-state index in [9.17, 15) is 9.59 Å². The molecule has 186 valence electrons. The highest BCUT2D eigenvalue weighted by molar-refractivity contribution is 8.18. The van der Waals surface area contributed by atoms with Gasteiger partial charge in [-0.15, -0.1) is 0 Å². The fourth-order valence-corrected chi connectivity index (χ4v) is 4.81. The first-order valence-electron chi connectivity index (χ1n) is 10.7. The molecule has 0 bridgehead atoms. The average molecular weight is 565 g/mol. The van der Waals surface area contributed by atoms with Crippen molar-refractivity contribution in [2.24, 2.45) is 0 Å². The number of hydrogen-bond donors (Lipinski definition) is 0. The van der Waals surface area contributed by atoms with E-state index in [4.69, 9.17) is 49.0 Å². The number of thioether (sulfide) groups is 1. The number of hydrogen-bond acceptors (Lipinski definition) is 6. The Hall–Kier alpha value is -2.84. The second-order valence-corrected chi connectivity index (χ2v) is 9.79. The molecule has 0 aliphatic carbocycles. The molecule has 0 spiro atoms. The molecule has 1 fully saturated rings. The predicted octanol–water partition coefficient (Wildman–Crippen LogP) is 7.35. The number of benzene rings is 3. The zero-order valence-corrected chi connectivity index (χ0v) is 22.1. The molecule has 10 heteroatoms. The number of carbonyl (C=O) groups is 2. The maximum Gasteiger partial charge on any atom is 0.293 e. The van der Waals surface area contributed by atoms with E-state index < -0.39 is 5.91 Å². The van der Waals surface area contributed by atoms with Crippen molar-refractivity contribution in [1.29, 1.82) is 0 Å². The van der Waals surface area contributed by atoms with E-state index in [1.165, 1.54) is 7.11 Å². The number of carbonyl (C=O) groups excluding carboxylic acids is 2. The van der Waals surface area contributed by atoms with Gasteiger partial charge in [-0.2, -0.15) is 0 Å². The smallest absolute Gasteiger partial charge is 0.293 e. The molecule has 3 aromatic rings. The third kappa shape index (κ3) is 6.28. The van der Waals surface area contributed by atoms with Gasteiger partial charge in [-0.25, -0.2) is 0 Å². The van der Waals surface area contributed by atoms with Crippen molar-refractivity contribution in [2.45, 2.75) is 6.61 Å². The van der Waals surface area contributed by atoms with Crippen LogP contribution >= 0.6 is 46.6 Å². The topological polar surface area (TPSA) is 65.1 Å². The second-order valence-electron chi connectivity index (χ2n) is 7.55.